The van der Waals surface area contributed by atoms with Crippen molar-refractivity contribution in [1.82, 2.24) is 0 Å². The second-order valence-electron chi connectivity index (χ2n) is 6.47. The topological polar surface area (TPSA) is 53.3 Å². The number of carbonyl (C=O) groups is 1. The number of benzene rings is 2. The van der Waals surface area contributed by atoms with Gasteiger partial charge in [0, 0.05) is 6.04 Å². The fourth-order valence-corrected chi connectivity index (χ4v) is 3.67. The van der Waals surface area contributed by atoms with Crippen LogP contribution in [-0.2, 0) is 17.8 Å². The van der Waals surface area contributed by atoms with E-state index in [0.717, 1.165) is 36.1 Å². The maximum atomic E-state index is 12.7. The van der Waals surface area contributed by atoms with Gasteiger partial charge in [-0.1, -0.05) is 30.3 Å². The van der Waals surface area contributed by atoms with E-state index in [0.29, 0.717) is 11.5 Å². The van der Waals surface area contributed by atoms with Gasteiger partial charge in [-0.15, -0.1) is 0 Å². The van der Waals surface area contributed by atoms with Crippen LogP contribution >= 0.6 is 0 Å². The van der Waals surface area contributed by atoms with Crippen LogP contribution in [0.5, 0.6) is 0 Å². The molecule has 1 aliphatic carbocycles. The number of ether oxygens (including phenoxy) is 1. The predicted octanol–water partition coefficient (Wildman–Crippen LogP) is 4.04. The molecule has 4 nitrogen and oxygen atoms in total. The number of rotatable bonds is 2. The van der Waals surface area contributed by atoms with Crippen LogP contribution in [0.15, 0.2) is 48.5 Å². The van der Waals surface area contributed by atoms with Crippen molar-refractivity contribution in [3.05, 3.63) is 65.2 Å². The molecule has 0 saturated heterocycles. The van der Waals surface area contributed by atoms with Gasteiger partial charge < -0.3 is 4.74 Å². The molecule has 1 amide bonds. The van der Waals surface area contributed by atoms with Crippen LogP contribution in [0.25, 0.3) is 0 Å². The van der Waals surface area contributed by atoms with E-state index in [4.69, 9.17) is 10.00 Å². The van der Waals surface area contributed by atoms with Gasteiger partial charge in [0.15, 0.2) is 0 Å². The van der Waals surface area contributed by atoms with Gasteiger partial charge in [-0.3, -0.25) is 4.90 Å². The molecule has 2 aromatic carbocycles. The van der Waals surface area contributed by atoms with E-state index in [1.54, 1.807) is 11.0 Å². The molecule has 120 valence electrons. The Bertz CT molecular complexity index is 810. The third-order valence-corrected chi connectivity index (χ3v) is 5.06. The summed E-state index contributed by atoms with van der Waals surface area (Å²) in [5.41, 5.74) is 3.59. The van der Waals surface area contributed by atoms with Crippen molar-refractivity contribution in [2.24, 2.45) is 5.92 Å². The maximum absolute atomic E-state index is 12.7. The summed E-state index contributed by atoms with van der Waals surface area (Å²) in [5, 5.41) is 9.10. The van der Waals surface area contributed by atoms with Crippen molar-refractivity contribution < 1.29 is 9.53 Å². The van der Waals surface area contributed by atoms with Crippen LogP contribution in [-0.4, -0.2) is 12.1 Å². The lowest BCUT2D eigenvalue weighted by Gasteiger charge is -2.48. The minimum atomic E-state index is -0.292. The van der Waals surface area contributed by atoms with Crippen molar-refractivity contribution in [2.75, 3.05) is 4.90 Å². The van der Waals surface area contributed by atoms with Gasteiger partial charge >= 0.3 is 6.09 Å². The quantitative estimate of drug-likeness (QED) is 0.840. The molecule has 0 aromatic heterocycles. The number of amides is 1. The molecule has 4 rings (SSSR count). The van der Waals surface area contributed by atoms with E-state index in [9.17, 15) is 4.79 Å². The number of carbonyl (C=O) groups excluding carboxylic acids is 1. The van der Waals surface area contributed by atoms with Gasteiger partial charge in [0.1, 0.15) is 6.61 Å². The lowest BCUT2D eigenvalue weighted by molar-refractivity contribution is 0.130. The molecule has 2 aromatic rings. The van der Waals surface area contributed by atoms with Crippen molar-refractivity contribution in [1.29, 1.82) is 5.26 Å². The highest BCUT2D eigenvalue weighted by molar-refractivity contribution is 5.90. The highest BCUT2D eigenvalue weighted by Crippen LogP contribution is 2.44. The minimum Gasteiger partial charge on any atom is -0.444 e. The molecule has 1 saturated carbocycles. The van der Waals surface area contributed by atoms with E-state index in [1.165, 1.54) is 0 Å². The lowest BCUT2D eigenvalue weighted by Crippen LogP contribution is -2.54. The van der Waals surface area contributed by atoms with Crippen LogP contribution in [0, 0.1) is 17.2 Å². The Morgan fingerprint density at radius 3 is 2.75 bits per heavy atom. The summed E-state index contributed by atoms with van der Waals surface area (Å²) in [7, 11) is 0. The number of fused-ring (bicyclic) bond motifs is 2. The van der Waals surface area contributed by atoms with Crippen LogP contribution in [0.4, 0.5) is 10.5 Å². The molecule has 2 aliphatic rings. The highest BCUT2D eigenvalue weighted by Gasteiger charge is 2.43. The summed E-state index contributed by atoms with van der Waals surface area (Å²) in [4.78, 5) is 14.5. The van der Waals surface area contributed by atoms with Crippen LogP contribution in [0.2, 0.25) is 0 Å². The van der Waals surface area contributed by atoms with E-state index in [1.807, 2.05) is 42.5 Å². The SMILES string of the molecule is N#Cc1ccc2c(c1)CC1CCC1N2C(=O)OCc1ccccc1. The fourth-order valence-electron chi connectivity index (χ4n) is 3.67. The summed E-state index contributed by atoms with van der Waals surface area (Å²) in [6, 6.07) is 17.7. The normalized spacial score (nSPS) is 21.0. The van der Waals surface area contributed by atoms with Gasteiger partial charge in [-0.25, -0.2) is 4.79 Å². The zero-order chi connectivity index (χ0) is 16.5. The molecule has 0 spiro atoms. The van der Waals surface area contributed by atoms with E-state index < -0.39 is 0 Å². The van der Waals surface area contributed by atoms with E-state index in [-0.39, 0.29) is 18.7 Å². The van der Waals surface area contributed by atoms with Crippen molar-refractivity contribution in [3.8, 4) is 6.07 Å². The van der Waals surface area contributed by atoms with Crippen LogP contribution in [0.3, 0.4) is 0 Å². The Balaban J connectivity index is 1.58. The summed E-state index contributed by atoms with van der Waals surface area (Å²) < 4.78 is 5.56. The molecule has 2 atom stereocenters. The summed E-state index contributed by atoms with van der Waals surface area (Å²) in [5.74, 6) is 0.482. The molecule has 1 heterocycles. The Morgan fingerprint density at radius 2 is 2.04 bits per heavy atom. The zero-order valence-corrected chi connectivity index (χ0v) is 13.3. The third kappa shape index (κ3) is 2.52. The number of nitriles is 1. The summed E-state index contributed by atoms with van der Waals surface area (Å²) in [6.07, 6.45) is 2.80. The zero-order valence-electron chi connectivity index (χ0n) is 13.3. The molecule has 2 unspecified atom stereocenters. The van der Waals surface area contributed by atoms with Crippen LogP contribution in [0.1, 0.15) is 29.5 Å². The molecular formula is C20H18N2O2. The standard InChI is InChI=1S/C20H18N2O2/c21-12-15-6-8-19-17(10-15)11-16-7-9-18(16)22(19)20(23)24-13-14-4-2-1-3-5-14/h1-6,8,10,16,18H,7,9,11,13H2. The maximum Gasteiger partial charge on any atom is 0.414 e. The Hall–Kier alpha value is -2.80. The summed E-state index contributed by atoms with van der Waals surface area (Å²) in [6.45, 7) is 0.277. The monoisotopic (exact) mass is 318 g/mol. The van der Waals surface area contributed by atoms with Gasteiger partial charge in [0.05, 0.1) is 17.3 Å². The smallest absolute Gasteiger partial charge is 0.414 e. The predicted molar refractivity (Wildman–Crippen MR) is 90.5 cm³/mol. The molecule has 1 fully saturated rings. The van der Waals surface area contributed by atoms with Crippen LogP contribution < -0.4 is 4.90 Å². The molecular weight excluding hydrogens is 300 g/mol. The lowest BCUT2D eigenvalue weighted by atomic mass is 9.72. The molecule has 0 N–H and O–H groups in total. The van der Waals surface area contributed by atoms with Crippen molar-refractivity contribution in [2.45, 2.75) is 31.9 Å². The van der Waals surface area contributed by atoms with Gasteiger partial charge in [0.2, 0.25) is 0 Å². The highest BCUT2D eigenvalue weighted by atomic mass is 16.6. The largest absolute Gasteiger partial charge is 0.444 e. The molecule has 24 heavy (non-hydrogen) atoms. The first-order chi connectivity index (χ1) is 11.8. The van der Waals surface area contributed by atoms with Gasteiger partial charge in [-0.2, -0.15) is 5.26 Å². The van der Waals surface area contributed by atoms with Crippen molar-refractivity contribution in [3.63, 3.8) is 0 Å². The second kappa shape index (κ2) is 6.01. The third-order valence-electron chi connectivity index (χ3n) is 5.06. The average Bonchev–Trinajstić information content (AvgIpc) is 2.61. The van der Waals surface area contributed by atoms with E-state index >= 15 is 0 Å². The van der Waals surface area contributed by atoms with Crippen molar-refractivity contribution >= 4 is 11.8 Å². The number of hydrogen-bond acceptors (Lipinski definition) is 3. The first-order valence-electron chi connectivity index (χ1n) is 8.29. The number of anilines is 1. The molecule has 4 heteroatoms. The second-order valence-corrected chi connectivity index (χ2v) is 6.47. The molecule has 0 radical (unpaired) electrons. The Kier molecular flexibility index (Phi) is 3.70. The Morgan fingerprint density at radius 1 is 1.21 bits per heavy atom. The molecule has 1 aliphatic heterocycles. The van der Waals surface area contributed by atoms with Gasteiger partial charge in [-0.05, 0) is 54.5 Å². The fraction of sp³-hybridized carbons (Fsp3) is 0.300. The number of hydrogen-bond donors (Lipinski definition) is 0. The molecule has 0 bridgehead atoms. The average molecular weight is 318 g/mol. The van der Waals surface area contributed by atoms with E-state index in [2.05, 4.69) is 6.07 Å². The summed E-state index contributed by atoms with van der Waals surface area (Å²) >= 11 is 0. The van der Waals surface area contributed by atoms with Gasteiger partial charge in [0.25, 0.3) is 0 Å². The first kappa shape index (κ1) is 14.8. The Labute approximate surface area is 141 Å². The minimum absolute atomic E-state index is 0.230. The number of nitrogens with zero attached hydrogens (tertiary/aromatic N) is 2. The first-order valence-corrected chi connectivity index (χ1v) is 8.29.